The molecule has 1 aliphatic rings. The Kier molecular flexibility index (Phi) is 11.9. The summed E-state index contributed by atoms with van der Waals surface area (Å²) >= 11 is 1.77. The summed E-state index contributed by atoms with van der Waals surface area (Å²) < 4.78 is 0. The van der Waals surface area contributed by atoms with E-state index in [0.717, 1.165) is 76.5 Å². The van der Waals surface area contributed by atoms with Gasteiger partial charge in [0.05, 0.1) is 10.7 Å². The number of likely N-dealkylation sites (tertiary alicyclic amines) is 1. The van der Waals surface area contributed by atoms with Crippen LogP contribution >= 0.6 is 35.3 Å². The Balaban J connectivity index is 0.00000392. The average molecular weight is 523 g/mol. The summed E-state index contributed by atoms with van der Waals surface area (Å²) in [6.07, 6.45) is 4.97. The maximum atomic E-state index is 11.2. The number of aliphatic imine (C=N–C) groups is 1. The normalized spacial score (nSPS) is 15.9. The Bertz CT molecular complexity index is 608. The molecule has 2 heterocycles. The zero-order chi connectivity index (χ0) is 19.6. The van der Waals surface area contributed by atoms with Crippen molar-refractivity contribution in [1.29, 1.82) is 0 Å². The van der Waals surface area contributed by atoms with Gasteiger partial charge < -0.3 is 21.3 Å². The van der Waals surface area contributed by atoms with Crippen molar-refractivity contribution in [3.05, 3.63) is 15.6 Å². The lowest BCUT2D eigenvalue weighted by Gasteiger charge is -2.30. The fourth-order valence-electron chi connectivity index (χ4n) is 3.26. The Morgan fingerprint density at radius 3 is 2.50 bits per heavy atom. The first kappa shape index (κ1) is 25.1. The van der Waals surface area contributed by atoms with Crippen LogP contribution in [-0.2, 0) is 11.2 Å². The number of nitrogens with zero attached hydrogens (tertiary/aromatic N) is 3. The first-order chi connectivity index (χ1) is 13.0. The molecule has 4 N–H and O–H groups in total. The third-order valence-corrected chi connectivity index (χ3v) is 6.24. The second-order valence-corrected chi connectivity index (χ2v) is 8.44. The van der Waals surface area contributed by atoms with Gasteiger partial charge in [-0.25, -0.2) is 4.98 Å². The highest BCUT2D eigenvalue weighted by molar-refractivity contribution is 14.0. The van der Waals surface area contributed by atoms with Gasteiger partial charge in [0.2, 0.25) is 5.91 Å². The molecule has 0 atom stereocenters. The summed E-state index contributed by atoms with van der Waals surface area (Å²) in [5, 5.41) is 7.90. The molecule has 0 aliphatic carbocycles. The molecule has 1 aromatic rings. The second-order valence-electron chi connectivity index (χ2n) is 7.15. The van der Waals surface area contributed by atoms with E-state index in [1.54, 1.807) is 18.4 Å². The van der Waals surface area contributed by atoms with E-state index >= 15 is 0 Å². The molecular weight excluding hydrogens is 487 g/mol. The quantitative estimate of drug-likeness (QED) is 0.200. The molecule has 0 spiro atoms. The molecule has 0 saturated carbocycles. The van der Waals surface area contributed by atoms with Crippen molar-refractivity contribution >= 4 is 47.2 Å². The molecule has 1 fully saturated rings. The van der Waals surface area contributed by atoms with Crippen molar-refractivity contribution in [2.24, 2.45) is 16.6 Å². The number of amides is 1. The zero-order valence-corrected chi connectivity index (χ0v) is 20.4. The third kappa shape index (κ3) is 8.60. The summed E-state index contributed by atoms with van der Waals surface area (Å²) in [6.45, 7) is 8.98. The topological polar surface area (TPSA) is 95.6 Å². The number of guanidine groups is 1. The lowest BCUT2D eigenvalue weighted by atomic mass is 9.96. The van der Waals surface area contributed by atoms with E-state index in [0.29, 0.717) is 0 Å². The Morgan fingerprint density at radius 1 is 1.25 bits per heavy atom. The van der Waals surface area contributed by atoms with Crippen molar-refractivity contribution in [3.8, 4) is 0 Å². The molecular formula is C19H35IN6OS. The van der Waals surface area contributed by atoms with Crippen molar-refractivity contribution in [2.45, 2.75) is 46.0 Å². The molecule has 160 valence electrons. The number of hydrogen-bond acceptors (Lipinski definition) is 5. The van der Waals surface area contributed by atoms with Gasteiger partial charge in [-0.2, -0.15) is 0 Å². The smallest absolute Gasteiger partial charge is 0.220 e. The number of piperidine rings is 1. The van der Waals surface area contributed by atoms with E-state index in [-0.39, 0.29) is 35.8 Å². The van der Waals surface area contributed by atoms with Crippen LogP contribution < -0.4 is 16.4 Å². The number of hydrogen-bond donors (Lipinski definition) is 3. The SMILES string of the molecule is CN=C(NCCCCN1CCC(C(N)=O)CC1)NCCc1nc(C)c(C)s1.I. The summed E-state index contributed by atoms with van der Waals surface area (Å²) in [6, 6.07) is 0. The molecule has 7 nitrogen and oxygen atoms in total. The van der Waals surface area contributed by atoms with Crippen molar-refractivity contribution in [1.82, 2.24) is 20.5 Å². The number of nitrogens with one attached hydrogen (secondary N) is 2. The summed E-state index contributed by atoms with van der Waals surface area (Å²) in [7, 11) is 1.80. The number of unbranched alkanes of at least 4 members (excludes halogenated alkanes) is 1. The van der Waals surface area contributed by atoms with Crippen LogP contribution in [0, 0.1) is 19.8 Å². The summed E-state index contributed by atoms with van der Waals surface area (Å²) in [5.41, 5.74) is 6.52. The molecule has 28 heavy (non-hydrogen) atoms. The minimum Gasteiger partial charge on any atom is -0.369 e. The van der Waals surface area contributed by atoms with Crippen LogP contribution in [0.1, 0.15) is 41.3 Å². The van der Waals surface area contributed by atoms with Crippen molar-refractivity contribution < 1.29 is 4.79 Å². The second kappa shape index (κ2) is 13.3. The molecule has 0 radical (unpaired) electrons. The molecule has 0 bridgehead atoms. The van der Waals surface area contributed by atoms with Crippen LogP contribution in [0.2, 0.25) is 0 Å². The molecule has 1 amide bonds. The lowest BCUT2D eigenvalue weighted by Crippen LogP contribution is -2.40. The molecule has 0 aromatic carbocycles. The van der Waals surface area contributed by atoms with Gasteiger partial charge in [-0.05, 0) is 59.2 Å². The van der Waals surface area contributed by atoms with Gasteiger partial charge in [-0.1, -0.05) is 0 Å². The van der Waals surface area contributed by atoms with Crippen LogP contribution in [-0.4, -0.2) is 61.5 Å². The van der Waals surface area contributed by atoms with Crippen LogP contribution in [0.4, 0.5) is 0 Å². The maximum Gasteiger partial charge on any atom is 0.220 e. The first-order valence-corrected chi connectivity index (χ1v) is 10.7. The molecule has 1 aliphatic heterocycles. The highest BCUT2D eigenvalue weighted by Gasteiger charge is 2.22. The van der Waals surface area contributed by atoms with Crippen LogP contribution in [0.5, 0.6) is 0 Å². The minimum atomic E-state index is -0.141. The standard InChI is InChI=1S/C19H34N6OS.HI/c1-14-15(2)27-17(24-14)6-10-23-19(21-3)22-9-4-5-11-25-12-7-16(8-13-25)18(20)26;/h16H,4-13H2,1-3H3,(H2,20,26)(H2,21,22,23);1H. The average Bonchev–Trinajstić information content (AvgIpc) is 2.98. The van der Waals surface area contributed by atoms with Gasteiger partial charge in [0.25, 0.3) is 0 Å². The predicted octanol–water partition coefficient (Wildman–Crippen LogP) is 2.06. The zero-order valence-electron chi connectivity index (χ0n) is 17.3. The number of carbonyl (C=O) groups excluding carboxylic acids is 1. The Hall–Kier alpha value is -0.940. The number of nitrogens with two attached hydrogens (primary N) is 1. The summed E-state index contributed by atoms with van der Waals surface area (Å²) in [5.74, 6) is 0.787. The number of primary amides is 1. The number of thiazole rings is 1. The van der Waals surface area contributed by atoms with Crippen molar-refractivity contribution in [3.63, 3.8) is 0 Å². The van der Waals surface area contributed by atoms with E-state index in [2.05, 4.69) is 39.4 Å². The van der Waals surface area contributed by atoms with Crippen molar-refractivity contribution in [2.75, 3.05) is 39.8 Å². The van der Waals surface area contributed by atoms with Crippen LogP contribution in [0.15, 0.2) is 4.99 Å². The van der Waals surface area contributed by atoms with Gasteiger partial charge in [-0.3, -0.25) is 9.79 Å². The molecule has 1 aromatic heterocycles. The first-order valence-electron chi connectivity index (χ1n) is 9.88. The number of rotatable bonds is 9. The van der Waals surface area contributed by atoms with E-state index in [9.17, 15) is 4.79 Å². The van der Waals surface area contributed by atoms with Gasteiger partial charge in [0.1, 0.15) is 0 Å². The van der Waals surface area contributed by atoms with Gasteiger partial charge in [0, 0.05) is 37.4 Å². The number of aryl methyl sites for hydroxylation is 2. The Morgan fingerprint density at radius 2 is 1.93 bits per heavy atom. The molecule has 9 heteroatoms. The number of aromatic nitrogens is 1. The predicted molar refractivity (Wildman–Crippen MR) is 128 cm³/mol. The van der Waals surface area contributed by atoms with Crippen LogP contribution in [0.25, 0.3) is 0 Å². The third-order valence-electron chi connectivity index (χ3n) is 5.11. The van der Waals surface area contributed by atoms with Gasteiger partial charge in [0.15, 0.2) is 5.96 Å². The largest absolute Gasteiger partial charge is 0.369 e. The highest BCUT2D eigenvalue weighted by Crippen LogP contribution is 2.17. The monoisotopic (exact) mass is 522 g/mol. The van der Waals surface area contributed by atoms with Gasteiger partial charge in [-0.15, -0.1) is 35.3 Å². The summed E-state index contributed by atoms with van der Waals surface area (Å²) in [4.78, 5) is 23.8. The number of carbonyl (C=O) groups is 1. The van der Waals surface area contributed by atoms with E-state index in [1.807, 2.05) is 0 Å². The van der Waals surface area contributed by atoms with Crippen LogP contribution in [0.3, 0.4) is 0 Å². The fourth-order valence-corrected chi connectivity index (χ4v) is 4.20. The fraction of sp³-hybridized carbons (Fsp3) is 0.737. The highest BCUT2D eigenvalue weighted by atomic mass is 127. The minimum absolute atomic E-state index is 0. The maximum absolute atomic E-state index is 11.2. The molecule has 1 saturated heterocycles. The van der Waals surface area contributed by atoms with E-state index in [1.165, 1.54) is 9.88 Å². The molecule has 0 unspecified atom stereocenters. The molecule has 2 rings (SSSR count). The van der Waals surface area contributed by atoms with Gasteiger partial charge >= 0.3 is 0 Å². The number of halogens is 1. The Labute approximate surface area is 190 Å². The van der Waals surface area contributed by atoms with E-state index < -0.39 is 0 Å². The lowest BCUT2D eigenvalue weighted by molar-refractivity contribution is -0.123. The van der Waals surface area contributed by atoms with E-state index in [4.69, 9.17) is 5.73 Å².